The quantitative estimate of drug-likeness (QED) is 0.793. The van der Waals surface area contributed by atoms with Gasteiger partial charge in [0.2, 0.25) is 0 Å². The van der Waals surface area contributed by atoms with Crippen LogP contribution in [0.3, 0.4) is 0 Å². The molecule has 0 unspecified atom stereocenters. The van der Waals surface area contributed by atoms with Crippen LogP contribution in [0.2, 0.25) is 0 Å². The first-order valence-electron chi connectivity index (χ1n) is 4.91. The largest absolute Gasteiger partial charge is 0.302 e. The van der Waals surface area contributed by atoms with E-state index >= 15 is 0 Å². The second-order valence-corrected chi connectivity index (χ2v) is 3.42. The third-order valence-corrected chi connectivity index (χ3v) is 2.26. The lowest BCUT2D eigenvalue weighted by Crippen LogP contribution is -2.07. The molecular weight excluding hydrogens is 200 g/mol. The Hall–Kier alpha value is -2.23. The highest BCUT2D eigenvalue weighted by molar-refractivity contribution is 5.93. The first-order valence-corrected chi connectivity index (χ1v) is 4.91. The number of nitrogens with zero attached hydrogens (tertiary/aromatic N) is 3. The van der Waals surface area contributed by atoms with Gasteiger partial charge in [-0.05, 0) is 24.6 Å². The second-order valence-electron chi connectivity index (χ2n) is 3.42. The van der Waals surface area contributed by atoms with Crippen LogP contribution in [0, 0.1) is 5.41 Å². The van der Waals surface area contributed by atoms with Crippen LogP contribution in [-0.4, -0.2) is 20.5 Å². The summed E-state index contributed by atoms with van der Waals surface area (Å²) in [6, 6.07) is 7.76. The van der Waals surface area contributed by atoms with Crippen LogP contribution in [0.15, 0.2) is 37.2 Å². The monoisotopic (exact) mass is 212 g/mol. The van der Waals surface area contributed by atoms with E-state index in [1.165, 1.54) is 6.33 Å². The van der Waals surface area contributed by atoms with Crippen LogP contribution >= 0.6 is 0 Å². The van der Waals surface area contributed by atoms with E-state index in [-0.39, 0.29) is 0 Å². The zero-order valence-corrected chi connectivity index (χ0v) is 9.01. The first-order chi connectivity index (χ1) is 7.72. The number of benzene rings is 1. The van der Waals surface area contributed by atoms with Crippen molar-refractivity contribution in [3.8, 4) is 5.69 Å². The van der Waals surface area contributed by atoms with Gasteiger partial charge < -0.3 is 5.41 Å². The summed E-state index contributed by atoms with van der Waals surface area (Å²) in [6.07, 6.45) is 3.24. The molecule has 0 saturated heterocycles. The lowest BCUT2D eigenvalue weighted by atomic mass is 10.2. The Balaban J connectivity index is 2.46. The molecule has 4 heteroatoms. The van der Waals surface area contributed by atoms with Gasteiger partial charge in [-0.25, -0.2) is 9.67 Å². The minimum Gasteiger partial charge on any atom is -0.302 e. The van der Waals surface area contributed by atoms with Crippen LogP contribution in [0.4, 0.5) is 0 Å². The molecule has 0 radical (unpaired) electrons. The van der Waals surface area contributed by atoms with Crippen molar-refractivity contribution in [2.75, 3.05) is 0 Å². The number of hydrogen-bond donors (Lipinski definition) is 1. The fraction of sp³-hybridized carbons (Fsp3) is 0.0833. The first kappa shape index (κ1) is 10.3. The van der Waals surface area contributed by atoms with Gasteiger partial charge in [-0.2, -0.15) is 5.10 Å². The van der Waals surface area contributed by atoms with Crippen LogP contribution in [-0.2, 0) is 0 Å². The van der Waals surface area contributed by atoms with E-state index in [0.29, 0.717) is 11.5 Å². The highest BCUT2D eigenvalue weighted by atomic mass is 15.3. The minimum absolute atomic E-state index is 0.394. The summed E-state index contributed by atoms with van der Waals surface area (Å²) in [7, 11) is 0. The molecular formula is C12H12N4. The van der Waals surface area contributed by atoms with Crippen LogP contribution < -0.4 is 0 Å². The predicted molar refractivity (Wildman–Crippen MR) is 64.0 cm³/mol. The van der Waals surface area contributed by atoms with Gasteiger partial charge in [0.25, 0.3) is 0 Å². The van der Waals surface area contributed by atoms with Crippen molar-refractivity contribution in [3.05, 3.63) is 48.6 Å². The van der Waals surface area contributed by atoms with Crippen LogP contribution in [0.1, 0.15) is 18.3 Å². The molecule has 0 amide bonds. The fourth-order valence-corrected chi connectivity index (χ4v) is 1.44. The summed E-state index contributed by atoms with van der Waals surface area (Å²) in [5.41, 5.74) is 2.34. The average molecular weight is 212 g/mol. The Labute approximate surface area is 93.8 Å². The van der Waals surface area contributed by atoms with E-state index in [0.717, 1.165) is 11.3 Å². The van der Waals surface area contributed by atoms with Gasteiger partial charge in [0.1, 0.15) is 6.33 Å². The summed E-state index contributed by atoms with van der Waals surface area (Å²) >= 11 is 0. The Kier molecular flexibility index (Phi) is 2.64. The molecule has 16 heavy (non-hydrogen) atoms. The van der Waals surface area contributed by atoms with E-state index in [1.54, 1.807) is 17.7 Å². The fourth-order valence-electron chi connectivity index (χ4n) is 1.44. The number of nitrogens with one attached hydrogen (secondary N) is 1. The molecule has 0 aliphatic carbocycles. The summed E-state index contributed by atoms with van der Waals surface area (Å²) in [5.74, 6) is 0.561. The topological polar surface area (TPSA) is 54.6 Å². The van der Waals surface area contributed by atoms with Gasteiger partial charge in [-0.1, -0.05) is 24.8 Å². The molecule has 0 aliphatic rings. The van der Waals surface area contributed by atoms with Crippen molar-refractivity contribution in [1.82, 2.24) is 14.8 Å². The molecule has 2 rings (SSSR count). The van der Waals surface area contributed by atoms with E-state index in [2.05, 4.69) is 16.7 Å². The van der Waals surface area contributed by atoms with Gasteiger partial charge >= 0.3 is 0 Å². The Morgan fingerprint density at radius 2 is 2.06 bits per heavy atom. The van der Waals surface area contributed by atoms with Gasteiger partial charge in [-0.15, -0.1) is 0 Å². The maximum Gasteiger partial charge on any atom is 0.176 e. The van der Waals surface area contributed by atoms with Crippen molar-refractivity contribution in [2.45, 2.75) is 6.92 Å². The molecule has 0 aliphatic heterocycles. The molecule has 0 saturated carbocycles. The second kappa shape index (κ2) is 4.10. The Morgan fingerprint density at radius 3 is 2.62 bits per heavy atom. The smallest absolute Gasteiger partial charge is 0.176 e. The molecule has 80 valence electrons. The molecule has 0 bridgehead atoms. The van der Waals surface area contributed by atoms with Gasteiger partial charge in [-0.3, -0.25) is 0 Å². The van der Waals surface area contributed by atoms with E-state index in [4.69, 9.17) is 5.41 Å². The van der Waals surface area contributed by atoms with Crippen molar-refractivity contribution in [1.29, 1.82) is 5.41 Å². The van der Waals surface area contributed by atoms with Crippen molar-refractivity contribution in [2.24, 2.45) is 0 Å². The number of hydrogen-bond acceptors (Lipinski definition) is 3. The third-order valence-electron chi connectivity index (χ3n) is 2.26. The summed E-state index contributed by atoms with van der Waals surface area (Å²) < 4.78 is 1.65. The standard InChI is InChI=1S/C12H12N4/c1-3-10-4-6-11(7-5-10)16-12(9(2)13)14-8-15-16/h3-8,13H,1H2,2H3. The predicted octanol–water partition coefficient (Wildman–Crippen LogP) is 2.30. The lowest BCUT2D eigenvalue weighted by molar-refractivity contribution is 0.866. The van der Waals surface area contributed by atoms with E-state index in [9.17, 15) is 0 Å². The lowest BCUT2D eigenvalue weighted by Gasteiger charge is -2.04. The van der Waals surface area contributed by atoms with E-state index in [1.807, 2.05) is 24.3 Å². The van der Waals surface area contributed by atoms with E-state index < -0.39 is 0 Å². The summed E-state index contributed by atoms with van der Waals surface area (Å²) in [6.45, 7) is 5.39. The molecule has 1 aromatic carbocycles. The van der Waals surface area contributed by atoms with Gasteiger partial charge in [0, 0.05) is 0 Å². The Morgan fingerprint density at radius 1 is 1.38 bits per heavy atom. The van der Waals surface area contributed by atoms with Crippen LogP contribution in [0.25, 0.3) is 11.8 Å². The zero-order chi connectivity index (χ0) is 11.5. The zero-order valence-electron chi connectivity index (χ0n) is 9.01. The SMILES string of the molecule is C=Cc1ccc(-n2ncnc2C(C)=N)cc1. The molecule has 1 N–H and O–H groups in total. The molecule has 2 aromatic rings. The molecule has 0 spiro atoms. The van der Waals surface area contributed by atoms with Crippen molar-refractivity contribution < 1.29 is 0 Å². The van der Waals surface area contributed by atoms with Gasteiger partial charge in [0.15, 0.2) is 5.82 Å². The highest BCUT2D eigenvalue weighted by Crippen LogP contribution is 2.11. The maximum absolute atomic E-state index is 7.58. The normalized spacial score (nSPS) is 10.1. The molecule has 1 heterocycles. The minimum atomic E-state index is 0.394. The van der Waals surface area contributed by atoms with Crippen molar-refractivity contribution in [3.63, 3.8) is 0 Å². The molecule has 4 nitrogen and oxygen atoms in total. The number of rotatable bonds is 3. The summed E-state index contributed by atoms with van der Waals surface area (Å²) in [5, 5.41) is 11.7. The van der Waals surface area contributed by atoms with Crippen molar-refractivity contribution >= 4 is 11.8 Å². The molecule has 0 fully saturated rings. The third kappa shape index (κ3) is 1.77. The molecule has 1 aromatic heterocycles. The Bertz CT molecular complexity index is 522. The maximum atomic E-state index is 7.58. The average Bonchev–Trinajstić information content (AvgIpc) is 2.78. The van der Waals surface area contributed by atoms with Crippen LogP contribution in [0.5, 0.6) is 0 Å². The number of aromatic nitrogens is 3. The summed E-state index contributed by atoms with van der Waals surface area (Å²) in [4.78, 5) is 4.04. The highest BCUT2D eigenvalue weighted by Gasteiger charge is 2.07. The van der Waals surface area contributed by atoms with Gasteiger partial charge in [0.05, 0.1) is 11.4 Å². The molecule has 0 atom stereocenters.